The molecule has 0 aliphatic heterocycles. The molecule has 2 aromatic heterocycles. The number of furan rings is 1. The molecule has 0 saturated carbocycles. The lowest BCUT2D eigenvalue weighted by Gasteiger charge is -2.06. The monoisotopic (exact) mass is 295 g/mol. The van der Waals surface area contributed by atoms with Gasteiger partial charge in [0.1, 0.15) is 0 Å². The second kappa shape index (κ2) is 6.76. The quantitative estimate of drug-likeness (QED) is 0.711. The van der Waals surface area contributed by atoms with Crippen LogP contribution in [0.3, 0.4) is 0 Å². The number of nitrogens with zero attached hydrogens (tertiary/aromatic N) is 2. The van der Waals surface area contributed by atoms with E-state index >= 15 is 0 Å². The van der Waals surface area contributed by atoms with Crippen molar-refractivity contribution < 1.29 is 9.21 Å². The number of aryl methyl sites for hydroxylation is 1. The smallest absolute Gasteiger partial charge is 0.287 e. The van der Waals surface area contributed by atoms with Gasteiger partial charge in [-0.2, -0.15) is 0 Å². The number of hydrogen-bond acceptors (Lipinski definition) is 3. The van der Waals surface area contributed by atoms with E-state index in [1.54, 1.807) is 18.8 Å². The molecule has 2 heterocycles. The first-order valence-corrected chi connectivity index (χ1v) is 7.21. The van der Waals surface area contributed by atoms with Gasteiger partial charge in [0.2, 0.25) is 0 Å². The van der Waals surface area contributed by atoms with Crippen LogP contribution in [0.25, 0.3) is 11.1 Å². The average molecular weight is 295 g/mol. The fourth-order valence-electron chi connectivity index (χ4n) is 2.29. The summed E-state index contributed by atoms with van der Waals surface area (Å²) < 4.78 is 7.34. The van der Waals surface area contributed by atoms with Gasteiger partial charge < -0.3 is 14.3 Å². The molecule has 3 rings (SSSR count). The normalized spacial score (nSPS) is 10.5. The van der Waals surface area contributed by atoms with Gasteiger partial charge in [-0.1, -0.05) is 30.3 Å². The standard InChI is InChI=1S/C17H17N3O2/c21-17(19-8-4-10-20-11-9-18-13-20)16-15(7-12-22-16)14-5-2-1-3-6-14/h1-3,5-7,9,11-13H,4,8,10H2,(H,19,21). The molecule has 22 heavy (non-hydrogen) atoms. The zero-order valence-corrected chi connectivity index (χ0v) is 12.1. The molecule has 0 aliphatic carbocycles. The number of benzene rings is 1. The van der Waals surface area contributed by atoms with Crippen molar-refractivity contribution in [1.29, 1.82) is 0 Å². The van der Waals surface area contributed by atoms with Gasteiger partial charge in [0, 0.05) is 31.0 Å². The zero-order chi connectivity index (χ0) is 15.2. The molecule has 0 saturated heterocycles. The van der Waals surface area contributed by atoms with Gasteiger partial charge in [0.05, 0.1) is 12.6 Å². The number of imidazole rings is 1. The van der Waals surface area contributed by atoms with Gasteiger partial charge in [-0.15, -0.1) is 0 Å². The number of rotatable bonds is 6. The van der Waals surface area contributed by atoms with E-state index in [0.29, 0.717) is 12.3 Å². The predicted molar refractivity (Wildman–Crippen MR) is 83.3 cm³/mol. The van der Waals surface area contributed by atoms with E-state index in [1.807, 2.05) is 47.2 Å². The largest absolute Gasteiger partial charge is 0.459 e. The maximum atomic E-state index is 12.2. The van der Waals surface area contributed by atoms with Crippen LogP contribution in [0.1, 0.15) is 17.0 Å². The Hall–Kier alpha value is -2.82. The van der Waals surface area contributed by atoms with E-state index in [4.69, 9.17) is 4.42 Å². The first kappa shape index (κ1) is 14.1. The lowest BCUT2D eigenvalue weighted by molar-refractivity contribution is 0.0926. The third-order valence-electron chi connectivity index (χ3n) is 3.39. The van der Waals surface area contributed by atoms with Crippen molar-refractivity contribution in [3.05, 3.63) is 67.1 Å². The van der Waals surface area contributed by atoms with E-state index in [1.165, 1.54) is 0 Å². The summed E-state index contributed by atoms with van der Waals surface area (Å²) in [6.45, 7) is 1.41. The van der Waals surface area contributed by atoms with E-state index < -0.39 is 0 Å². The number of aromatic nitrogens is 2. The number of hydrogen-bond donors (Lipinski definition) is 1. The first-order valence-electron chi connectivity index (χ1n) is 7.21. The Morgan fingerprint density at radius 2 is 2.09 bits per heavy atom. The number of amides is 1. The predicted octanol–water partition coefficient (Wildman–Crippen LogP) is 2.96. The van der Waals surface area contributed by atoms with E-state index in [0.717, 1.165) is 24.1 Å². The van der Waals surface area contributed by atoms with Crippen molar-refractivity contribution in [2.24, 2.45) is 0 Å². The van der Waals surface area contributed by atoms with Crippen LogP contribution < -0.4 is 5.32 Å². The fourth-order valence-corrected chi connectivity index (χ4v) is 2.29. The highest BCUT2D eigenvalue weighted by Gasteiger charge is 2.15. The van der Waals surface area contributed by atoms with Gasteiger partial charge in [0.25, 0.3) is 5.91 Å². The molecule has 3 aromatic rings. The van der Waals surface area contributed by atoms with Crippen molar-refractivity contribution in [2.45, 2.75) is 13.0 Å². The van der Waals surface area contributed by atoms with Gasteiger partial charge in [-0.05, 0) is 18.1 Å². The maximum absolute atomic E-state index is 12.2. The molecule has 112 valence electrons. The molecule has 0 radical (unpaired) electrons. The minimum Gasteiger partial charge on any atom is -0.459 e. The third kappa shape index (κ3) is 3.25. The summed E-state index contributed by atoms with van der Waals surface area (Å²) >= 11 is 0. The summed E-state index contributed by atoms with van der Waals surface area (Å²) in [4.78, 5) is 16.2. The van der Waals surface area contributed by atoms with Crippen LogP contribution >= 0.6 is 0 Å². The van der Waals surface area contributed by atoms with Crippen LogP contribution in [0, 0.1) is 0 Å². The summed E-state index contributed by atoms with van der Waals surface area (Å²) in [5.41, 5.74) is 1.78. The zero-order valence-electron chi connectivity index (χ0n) is 12.1. The number of carbonyl (C=O) groups excluding carboxylic acids is 1. The summed E-state index contributed by atoms with van der Waals surface area (Å²) in [6, 6.07) is 11.6. The Bertz CT molecular complexity index is 717. The summed E-state index contributed by atoms with van der Waals surface area (Å²) in [6.07, 6.45) is 7.80. The lowest BCUT2D eigenvalue weighted by atomic mass is 10.1. The molecule has 0 unspecified atom stereocenters. The Balaban J connectivity index is 1.58. The van der Waals surface area contributed by atoms with Crippen LogP contribution in [0.4, 0.5) is 0 Å². The molecule has 1 aromatic carbocycles. The second-order valence-corrected chi connectivity index (χ2v) is 4.94. The molecule has 0 spiro atoms. The maximum Gasteiger partial charge on any atom is 0.287 e. The van der Waals surface area contributed by atoms with Crippen molar-refractivity contribution in [1.82, 2.24) is 14.9 Å². The second-order valence-electron chi connectivity index (χ2n) is 4.94. The Morgan fingerprint density at radius 1 is 1.23 bits per heavy atom. The van der Waals surface area contributed by atoms with Gasteiger partial charge >= 0.3 is 0 Å². The van der Waals surface area contributed by atoms with Crippen molar-refractivity contribution in [3.8, 4) is 11.1 Å². The molecular weight excluding hydrogens is 278 g/mol. The van der Waals surface area contributed by atoms with Crippen LogP contribution in [0.15, 0.2) is 65.8 Å². The molecule has 0 atom stereocenters. The fraction of sp³-hybridized carbons (Fsp3) is 0.176. The topological polar surface area (TPSA) is 60.1 Å². The highest BCUT2D eigenvalue weighted by molar-refractivity contribution is 5.98. The van der Waals surface area contributed by atoms with Crippen molar-refractivity contribution >= 4 is 5.91 Å². The molecule has 1 amide bonds. The van der Waals surface area contributed by atoms with Crippen molar-refractivity contribution in [3.63, 3.8) is 0 Å². The molecule has 0 fully saturated rings. The van der Waals surface area contributed by atoms with Gasteiger partial charge in [0.15, 0.2) is 5.76 Å². The lowest BCUT2D eigenvalue weighted by Crippen LogP contribution is -2.25. The Kier molecular flexibility index (Phi) is 4.34. The Morgan fingerprint density at radius 3 is 2.86 bits per heavy atom. The molecule has 1 N–H and O–H groups in total. The Labute approximate surface area is 128 Å². The molecule has 0 bridgehead atoms. The van der Waals surface area contributed by atoms with E-state index in [2.05, 4.69) is 10.3 Å². The van der Waals surface area contributed by atoms with Gasteiger partial charge in [-0.3, -0.25) is 4.79 Å². The average Bonchev–Trinajstić information content (AvgIpc) is 3.23. The van der Waals surface area contributed by atoms with Crippen LogP contribution in [0.2, 0.25) is 0 Å². The van der Waals surface area contributed by atoms with E-state index in [-0.39, 0.29) is 5.91 Å². The SMILES string of the molecule is O=C(NCCCn1ccnc1)c1occc1-c1ccccc1. The minimum atomic E-state index is -0.186. The van der Waals surface area contributed by atoms with Crippen molar-refractivity contribution in [2.75, 3.05) is 6.54 Å². The first-order chi connectivity index (χ1) is 10.8. The summed E-state index contributed by atoms with van der Waals surface area (Å²) in [7, 11) is 0. The number of carbonyl (C=O) groups is 1. The summed E-state index contributed by atoms with van der Waals surface area (Å²) in [5.74, 6) is 0.170. The minimum absolute atomic E-state index is 0.186. The number of nitrogens with one attached hydrogen (secondary N) is 1. The summed E-state index contributed by atoms with van der Waals surface area (Å²) in [5, 5.41) is 2.89. The molecule has 0 aliphatic rings. The van der Waals surface area contributed by atoms with Crippen LogP contribution in [0.5, 0.6) is 0 Å². The molecule has 5 heteroatoms. The van der Waals surface area contributed by atoms with Crippen LogP contribution in [-0.2, 0) is 6.54 Å². The highest BCUT2D eigenvalue weighted by atomic mass is 16.3. The van der Waals surface area contributed by atoms with E-state index in [9.17, 15) is 4.79 Å². The highest BCUT2D eigenvalue weighted by Crippen LogP contribution is 2.24. The van der Waals surface area contributed by atoms with Crippen LogP contribution in [-0.4, -0.2) is 22.0 Å². The molecular formula is C17H17N3O2. The van der Waals surface area contributed by atoms with Gasteiger partial charge in [-0.25, -0.2) is 4.98 Å². The molecule has 5 nitrogen and oxygen atoms in total. The third-order valence-corrected chi connectivity index (χ3v) is 3.39.